The first kappa shape index (κ1) is 17.6. The van der Waals surface area contributed by atoms with Crippen molar-refractivity contribution < 1.29 is 13.2 Å². The summed E-state index contributed by atoms with van der Waals surface area (Å²) in [6, 6.07) is 10.6. The normalized spacial score (nSPS) is 12.6. The molecule has 1 atom stereocenters. The molecule has 0 saturated carbocycles. The number of rotatable bonds is 5. The summed E-state index contributed by atoms with van der Waals surface area (Å²) in [6.07, 6.45) is -2.82. The van der Waals surface area contributed by atoms with Gasteiger partial charge in [-0.25, -0.2) is 23.1 Å². The van der Waals surface area contributed by atoms with E-state index in [4.69, 9.17) is 5.73 Å². The lowest BCUT2D eigenvalue weighted by molar-refractivity contribution is 0.141. The van der Waals surface area contributed by atoms with Gasteiger partial charge in [0.2, 0.25) is 0 Å². The fraction of sp³-hybridized carbons (Fsp3) is 0.176. The summed E-state index contributed by atoms with van der Waals surface area (Å²) in [5, 5.41) is 3.52. The Morgan fingerprint density at radius 2 is 1.88 bits per heavy atom. The number of fused-ring (bicyclic) bond motifs is 1. The number of hydrogen-bond acceptors (Lipinski definition) is 4. The molecule has 1 aromatic heterocycles. The highest BCUT2D eigenvalue weighted by atomic mass is 79.9. The minimum absolute atomic E-state index is 0.0600. The van der Waals surface area contributed by atoms with Crippen LogP contribution < -0.4 is 11.1 Å². The van der Waals surface area contributed by atoms with Gasteiger partial charge in [0, 0.05) is 22.0 Å². The molecule has 3 rings (SSSR count). The Labute approximate surface area is 150 Å². The van der Waals surface area contributed by atoms with Crippen molar-refractivity contribution in [3.63, 3.8) is 0 Å². The SMILES string of the molecule is NCC(Nc1nc(C(F)F)nc2ccc(Br)cc12)c1ccccc1F. The highest BCUT2D eigenvalue weighted by Crippen LogP contribution is 2.30. The number of aromatic nitrogens is 2. The summed E-state index contributed by atoms with van der Waals surface area (Å²) in [7, 11) is 0. The van der Waals surface area contributed by atoms with Gasteiger partial charge in [0.1, 0.15) is 11.6 Å². The number of benzene rings is 2. The topological polar surface area (TPSA) is 63.8 Å². The molecule has 0 radical (unpaired) electrons. The highest BCUT2D eigenvalue weighted by molar-refractivity contribution is 9.10. The molecular formula is C17H14BrF3N4. The second-order valence-electron chi connectivity index (χ2n) is 5.35. The summed E-state index contributed by atoms with van der Waals surface area (Å²) in [4.78, 5) is 7.79. The minimum atomic E-state index is -2.82. The van der Waals surface area contributed by atoms with Gasteiger partial charge in [0.25, 0.3) is 6.43 Å². The van der Waals surface area contributed by atoms with E-state index in [1.54, 1.807) is 36.4 Å². The summed E-state index contributed by atoms with van der Waals surface area (Å²) in [6.45, 7) is 0.0600. The third kappa shape index (κ3) is 3.74. The molecule has 1 heterocycles. The Hall–Kier alpha value is -2.19. The van der Waals surface area contributed by atoms with E-state index in [9.17, 15) is 13.2 Å². The van der Waals surface area contributed by atoms with E-state index >= 15 is 0 Å². The summed E-state index contributed by atoms with van der Waals surface area (Å²) < 4.78 is 41.0. The molecule has 0 spiro atoms. The van der Waals surface area contributed by atoms with Crippen molar-refractivity contribution in [2.75, 3.05) is 11.9 Å². The van der Waals surface area contributed by atoms with Crippen molar-refractivity contribution in [2.24, 2.45) is 5.73 Å². The Morgan fingerprint density at radius 1 is 1.12 bits per heavy atom. The van der Waals surface area contributed by atoms with E-state index < -0.39 is 24.1 Å². The third-order valence-electron chi connectivity index (χ3n) is 3.70. The largest absolute Gasteiger partial charge is 0.361 e. The van der Waals surface area contributed by atoms with Crippen LogP contribution in [0.5, 0.6) is 0 Å². The second-order valence-corrected chi connectivity index (χ2v) is 6.26. The zero-order valence-electron chi connectivity index (χ0n) is 12.9. The van der Waals surface area contributed by atoms with Gasteiger partial charge in [-0.2, -0.15) is 0 Å². The predicted molar refractivity (Wildman–Crippen MR) is 94.0 cm³/mol. The summed E-state index contributed by atoms with van der Waals surface area (Å²) in [5.41, 5.74) is 6.46. The number of nitrogens with zero attached hydrogens (tertiary/aromatic N) is 2. The predicted octanol–water partition coefficient (Wildman–Crippen LogP) is 4.58. The molecule has 0 aliphatic rings. The van der Waals surface area contributed by atoms with Gasteiger partial charge >= 0.3 is 0 Å². The van der Waals surface area contributed by atoms with Gasteiger partial charge in [-0.15, -0.1) is 0 Å². The molecule has 0 aliphatic carbocycles. The van der Waals surface area contributed by atoms with Gasteiger partial charge < -0.3 is 11.1 Å². The van der Waals surface area contributed by atoms with Gasteiger partial charge in [0.05, 0.1) is 11.6 Å². The molecule has 130 valence electrons. The van der Waals surface area contributed by atoms with Crippen LogP contribution in [0.25, 0.3) is 10.9 Å². The number of alkyl halides is 2. The van der Waals surface area contributed by atoms with Crippen molar-refractivity contribution in [2.45, 2.75) is 12.5 Å². The average Bonchev–Trinajstić information content (AvgIpc) is 2.60. The van der Waals surface area contributed by atoms with Crippen LogP contribution >= 0.6 is 15.9 Å². The maximum Gasteiger partial charge on any atom is 0.297 e. The van der Waals surface area contributed by atoms with E-state index in [0.29, 0.717) is 16.5 Å². The van der Waals surface area contributed by atoms with Crippen LogP contribution in [0.4, 0.5) is 19.0 Å². The number of nitrogens with two attached hydrogens (primary N) is 1. The van der Waals surface area contributed by atoms with E-state index in [-0.39, 0.29) is 12.4 Å². The van der Waals surface area contributed by atoms with Crippen molar-refractivity contribution in [1.82, 2.24) is 9.97 Å². The van der Waals surface area contributed by atoms with Gasteiger partial charge in [-0.1, -0.05) is 34.1 Å². The molecule has 0 amide bonds. The lowest BCUT2D eigenvalue weighted by atomic mass is 10.1. The van der Waals surface area contributed by atoms with Crippen LogP contribution in [-0.4, -0.2) is 16.5 Å². The first-order valence-electron chi connectivity index (χ1n) is 7.46. The third-order valence-corrected chi connectivity index (χ3v) is 4.19. The number of anilines is 1. The molecule has 8 heteroatoms. The van der Waals surface area contributed by atoms with Crippen LogP contribution in [0.1, 0.15) is 23.9 Å². The first-order chi connectivity index (χ1) is 12.0. The first-order valence-corrected chi connectivity index (χ1v) is 8.25. The van der Waals surface area contributed by atoms with Gasteiger partial charge in [-0.05, 0) is 24.3 Å². The molecule has 0 aliphatic heterocycles. The Morgan fingerprint density at radius 3 is 2.56 bits per heavy atom. The molecule has 2 aromatic carbocycles. The standard InChI is InChI=1S/C17H14BrF3N4/c18-9-5-6-13-11(7-9)16(25-17(23-13)15(20)21)24-14(8-22)10-3-1-2-4-12(10)19/h1-7,14-15H,8,22H2,(H,23,24,25). The number of nitrogens with one attached hydrogen (secondary N) is 1. The molecule has 3 aromatic rings. The van der Waals surface area contributed by atoms with Crippen LogP contribution in [0.3, 0.4) is 0 Å². The molecule has 1 unspecified atom stereocenters. The zero-order valence-corrected chi connectivity index (χ0v) is 14.5. The van der Waals surface area contributed by atoms with Crippen LogP contribution in [0, 0.1) is 5.82 Å². The van der Waals surface area contributed by atoms with Crippen molar-refractivity contribution in [3.8, 4) is 0 Å². The van der Waals surface area contributed by atoms with Crippen molar-refractivity contribution in [3.05, 3.63) is 64.1 Å². The molecule has 0 bridgehead atoms. The minimum Gasteiger partial charge on any atom is -0.361 e. The molecular weight excluding hydrogens is 397 g/mol. The molecule has 0 saturated heterocycles. The highest BCUT2D eigenvalue weighted by Gasteiger charge is 2.19. The lowest BCUT2D eigenvalue weighted by Crippen LogP contribution is -2.22. The number of hydrogen-bond donors (Lipinski definition) is 2. The Kier molecular flexibility index (Phi) is 5.19. The van der Waals surface area contributed by atoms with Crippen molar-refractivity contribution in [1.29, 1.82) is 0 Å². The smallest absolute Gasteiger partial charge is 0.297 e. The maximum atomic E-state index is 14.1. The van der Waals surface area contributed by atoms with Crippen molar-refractivity contribution >= 4 is 32.7 Å². The molecule has 25 heavy (non-hydrogen) atoms. The zero-order chi connectivity index (χ0) is 18.0. The second kappa shape index (κ2) is 7.37. The van der Waals surface area contributed by atoms with E-state index in [2.05, 4.69) is 31.2 Å². The van der Waals surface area contributed by atoms with Gasteiger partial charge in [-0.3, -0.25) is 0 Å². The lowest BCUT2D eigenvalue weighted by Gasteiger charge is -2.20. The van der Waals surface area contributed by atoms with Crippen LogP contribution in [0.2, 0.25) is 0 Å². The van der Waals surface area contributed by atoms with Crippen LogP contribution in [-0.2, 0) is 0 Å². The fourth-order valence-corrected chi connectivity index (χ4v) is 2.87. The van der Waals surface area contributed by atoms with Crippen LogP contribution in [0.15, 0.2) is 46.9 Å². The fourth-order valence-electron chi connectivity index (χ4n) is 2.51. The van der Waals surface area contributed by atoms with Gasteiger partial charge in [0.15, 0.2) is 5.82 Å². The maximum absolute atomic E-state index is 14.1. The summed E-state index contributed by atoms with van der Waals surface area (Å²) >= 11 is 3.34. The monoisotopic (exact) mass is 410 g/mol. The van der Waals surface area contributed by atoms with E-state index in [1.807, 2.05) is 0 Å². The summed E-state index contributed by atoms with van der Waals surface area (Å²) in [5.74, 6) is -0.846. The quantitative estimate of drug-likeness (QED) is 0.645. The molecule has 4 nitrogen and oxygen atoms in total. The molecule has 0 fully saturated rings. The number of halogens is 4. The Bertz CT molecular complexity index is 904. The van der Waals surface area contributed by atoms with E-state index in [1.165, 1.54) is 6.07 Å². The van der Waals surface area contributed by atoms with E-state index in [0.717, 1.165) is 4.47 Å². The average molecular weight is 411 g/mol. The molecule has 3 N–H and O–H groups in total. The Balaban J connectivity index is 2.10.